The third-order valence-electron chi connectivity index (χ3n) is 3.59. The lowest BCUT2D eigenvalue weighted by molar-refractivity contribution is 0.0952. The van der Waals surface area contributed by atoms with Crippen molar-refractivity contribution >= 4 is 15.7 Å². The summed E-state index contributed by atoms with van der Waals surface area (Å²) in [6, 6.07) is 6.16. The summed E-state index contributed by atoms with van der Waals surface area (Å²) in [5.74, 6) is -0.212. The highest BCUT2D eigenvalue weighted by atomic mass is 32.2. The van der Waals surface area contributed by atoms with Crippen LogP contribution in [0.1, 0.15) is 62.2 Å². The molecule has 1 rings (SSSR count). The normalized spacial score (nSPS) is 11.4. The third-order valence-corrected chi connectivity index (χ3v) is 4.70. The van der Waals surface area contributed by atoms with Crippen LogP contribution in [0.15, 0.2) is 29.2 Å². The molecule has 0 saturated carbocycles. The number of rotatable bonds is 10. The molecule has 0 atom stereocenters. The van der Waals surface area contributed by atoms with Crippen LogP contribution in [0, 0.1) is 0 Å². The van der Waals surface area contributed by atoms with E-state index in [1.807, 2.05) is 0 Å². The van der Waals surface area contributed by atoms with Crippen molar-refractivity contribution in [1.29, 1.82) is 0 Å². The van der Waals surface area contributed by atoms with E-state index in [-0.39, 0.29) is 10.8 Å². The fraction of sp³-hybridized carbons (Fsp3) is 0.588. The van der Waals surface area contributed by atoms with Crippen LogP contribution in [-0.4, -0.2) is 27.1 Å². The second-order valence-electron chi connectivity index (χ2n) is 5.68. The van der Waals surface area contributed by atoms with E-state index in [1.54, 1.807) is 12.1 Å². The molecule has 1 aromatic carbocycles. The van der Waals surface area contributed by atoms with Gasteiger partial charge in [0.05, 0.1) is 4.90 Å². The standard InChI is InChI=1S/C17H27NO3S/c1-3-4-5-6-7-8-9-13-18-17(19)15-11-10-12-16(14-15)22(2,20)21/h10-12,14H,3-9,13H2,1-2H3,(H,18,19). The topological polar surface area (TPSA) is 63.2 Å². The molecule has 0 bridgehead atoms. The molecule has 0 aliphatic carbocycles. The minimum Gasteiger partial charge on any atom is -0.352 e. The summed E-state index contributed by atoms with van der Waals surface area (Å²) in [5, 5.41) is 2.85. The Morgan fingerprint density at radius 3 is 2.32 bits per heavy atom. The van der Waals surface area contributed by atoms with Gasteiger partial charge in [-0.3, -0.25) is 4.79 Å². The van der Waals surface area contributed by atoms with Gasteiger partial charge in [-0.2, -0.15) is 0 Å². The lowest BCUT2D eigenvalue weighted by atomic mass is 10.1. The Morgan fingerprint density at radius 2 is 1.68 bits per heavy atom. The monoisotopic (exact) mass is 325 g/mol. The van der Waals surface area contributed by atoms with E-state index in [0.29, 0.717) is 12.1 Å². The predicted octanol–water partition coefficient (Wildman–Crippen LogP) is 3.57. The maximum atomic E-state index is 12.0. The van der Waals surface area contributed by atoms with Crippen LogP contribution in [0.25, 0.3) is 0 Å². The van der Waals surface area contributed by atoms with Crippen molar-refractivity contribution in [1.82, 2.24) is 5.32 Å². The molecule has 124 valence electrons. The van der Waals surface area contributed by atoms with Gasteiger partial charge in [-0.15, -0.1) is 0 Å². The number of carbonyl (C=O) groups excluding carboxylic acids is 1. The van der Waals surface area contributed by atoms with Gasteiger partial charge in [-0.25, -0.2) is 8.42 Å². The Kier molecular flexibility index (Phi) is 8.17. The Hall–Kier alpha value is -1.36. The zero-order chi connectivity index (χ0) is 16.4. The molecule has 1 amide bonds. The first-order valence-electron chi connectivity index (χ1n) is 8.03. The Bertz CT molecular complexity index is 567. The summed E-state index contributed by atoms with van der Waals surface area (Å²) in [4.78, 5) is 12.2. The van der Waals surface area contributed by atoms with Crippen LogP contribution in [-0.2, 0) is 9.84 Å². The smallest absolute Gasteiger partial charge is 0.251 e. The molecule has 1 aromatic rings. The van der Waals surface area contributed by atoms with Gasteiger partial charge in [-0.05, 0) is 24.6 Å². The minimum absolute atomic E-state index is 0.177. The Morgan fingerprint density at radius 1 is 1.05 bits per heavy atom. The highest BCUT2D eigenvalue weighted by molar-refractivity contribution is 7.90. The van der Waals surface area contributed by atoms with Crippen LogP contribution in [0.2, 0.25) is 0 Å². The summed E-state index contributed by atoms with van der Waals surface area (Å²) >= 11 is 0. The van der Waals surface area contributed by atoms with E-state index >= 15 is 0 Å². The lowest BCUT2D eigenvalue weighted by Gasteiger charge is -2.06. The van der Waals surface area contributed by atoms with Crippen LogP contribution in [0.3, 0.4) is 0 Å². The van der Waals surface area contributed by atoms with E-state index in [4.69, 9.17) is 0 Å². The molecular formula is C17H27NO3S. The molecule has 0 spiro atoms. The van der Waals surface area contributed by atoms with Crippen molar-refractivity contribution in [2.45, 2.75) is 56.8 Å². The van der Waals surface area contributed by atoms with Crippen LogP contribution < -0.4 is 5.32 Å². The molecule has 0 unspecified atom stereocenters. The second kappa shape index (κ2) is 9.62. The van der Waals surface area contributed by atoms with Gasteiger partial charge < -0.3 is 5.32 Å². The van der Waals surface area contributed by atoms with Gasteiger partial charge in [0.2, 0.25) is 0 Å². The van der Waals surface area contributed by atoms with E-state index in [9.17, 15) is 13.2 Å². The second-order valence-corrected chi connectivity index (χ2v) is 7.69. The van der Waals surface area contributed by atoms with Crippen molar-refractivity contribution in [3.63, 3.8) is 0 Å². The molecule has 0 aliphatic heterocycles. The van der Waals surface area contributed by atoms with Crippen molar-refractivity contribution in [2.24, 2.45) is 0 Å². The summed E-state index contributed by atoms with van der Waals surface area (Å²) < 4.78 is 23.0. The summed E-state index contributed by atoms with van der Waals surface area (Å²) in [6.07, 6.45) is 9.54. The fourth-order valence-corrected chi connectivity index (χ4v) is 2.92. The van der Waals surface area contributed by atoms with Gasteiger partial charge in [-0.1, -0.05) is 51.5 Å². The van der Waals surface area contributed by atoms with Crippen LogP contribution >= 0.6 is 0 Å². The molecule has 0 heterocycles. The van der Waals surface area contributed by atoms with Gasteiger partial charge in [0.25, 0.3) is 5.91 Å². The summed E-state index contributed by atoms with van der Waals surface area (Å²) in [7, 11) is -3.28. The number of hydrogen-bond acceptors (Lipinski definition) is 3. The van der Waals surface area contributed by atoms with Gasteiger partial charge in [0.15, 0.2) is 9.84 Å². The van der Waals surface area contributed by atoms with Crippen molar-refractivity contribution in [3.8, 4) is 0 Å². The number of carbonyl (C=O) groups is 1. The highest BCUT2D eigenvalue weighted by Crippen LogP contribution is 2.11. The average molecular weight is 325 g/mol. The molecule has 1 N–H and O–H groups in total. The van der Waals surface area contributed by atoms with Gasteiger partial charge in [0.1, 0.15) is 0 Å². The van der Waals surface area contributed by atoms with Crippen LogP contribution in [0.5, 0.6) is 0 Å². The molecule has 4 nitrogen and oxygen atoms in total. The molecular weight excluding hydrogens is 298 g/mol. The largest absolute Gasteiger partial charge is 0.352 e. The molecule has 0 radical (unpaired) electrons. The number of hydrogen-bond donors (Lipinski definition) is 1. The summed E-state index contributed by atoms with van der Waals surface area (Å²) in [5.41, 5.74) is 0.394. The van der Waals surface area contributed by atoms with Gasteiger partial charge >= 0.3 is 0 Å². The van der Waals surface area contributed by atoms with E-state index in [1.165, 1.54) is 44.2 Å². The molecule has 5 heteroatoms. The zero-order valence-electron chi connectivity index (χ0n) is 13.6. The number of unbranched alkanes of at least 4 members (excludes halogenated alkanes) is 6. The Balaban J connectivity index is 2.31. The Labute approximate surface area is 134 Å². The lowest BCUT2D eigenvalue weighted by Crippen LogP contribution is -2.24. The van der Waals surface area contributed by atoms with Crippen LogP contribution in [0.4, 0.5) is 0 Å². The average Bonchev–Trinajstić information content (AvgIpc) is 2.49. The van der Waals surface area contributed by atoms with E-state index in [2.05, 4.69) is 12.2 Å². The number of benzene rings is 1. The fourth-order valence-electron chi connectivity index (χ4n) is 2.25. The molecule has 22 heavy (non-hydrogen) atoms. The van der Waals surface area contributed by atoms with Crippen molar-refractivity contribution < 1.29 is 13.2 Å². The molecule has 0 aromatic heterocycles. The molecule has 0 saturated heterocycles. The zero-order valence-corrected chi connectivity index (χ0v) is 14.4. The first-order valence-corrected chi connectivity index (χ1v) is 9.92. The molecule has 0 fully saturated rings. The molecule has 0 aliphatic rings. The van der Waals surface area contributed by atoms with Crippen molar-refractivity contribution in [3.05, 3.63) is 29.8 Å². The quantitative estimate of drug-likeness (QED) is 0.669. The number of amides is 1. The predicted molar refractivity (Wildman–Crippen MR) is 89.9 cm³/mol. The first-order chi connectivity index (χ1) is 10.4. The maximum absolute atomic E-state index is 12.0. The first kappa shape index (κ1) is 18.7. The van der Waals surface area contributed by atoms with E-state index in [0.717, 1.165) is 19.1 Å². The SMILES string of the molecule is CCCCCCCCCNC(=O)c1cccc(S(C)(=O)=O)c1. The number of sulfone groups is 1. The van der Waals surface area contributed by atoms with Gasteiger partial charge in [0, 0.05) is 18.4 Å². The highest BCUT2D eigenvalue weighted by Gasteiger charge is 2.11. The summed E-state index contributed by atoms with van der Waals surface area (Å²) in [6.45, 7) is 2.84. The minimum atomic E-state index is -3.28. The van der Waals surface area contributed by atoms with E-state index < -0.39 is 9.84 Å². The maximum Gasteiger partial charge on any atom is 0.251 e. The number of nitrogens with one attached hydrogen (secondary N) is 1. The third kappa shape index (κ3) is 7.07. The van der Waals surface area contributed by atoms with Crippen molar-refractivity contribution in [2.75, 3.05) is 12.8 Å².